The molecule has 18 nitrogen and oxygen atoms in total. The van der Waals surface area contributed by atoms with Gasteiger partial charge in [-0.25, -0.2) is 0 Å². The highest BCUT2D eigenvalue weighted by Crippen LogP contribution is 2.43. The van der Waals surface area contributed by atoms with Crippen LogP contribution in [0.3, 0.4) is 0 Å². The lowest BCUT2D eigenvalue weighted by Crippen LogP contribution is -2.64. The molecule has 2 saturated heterocycles. The number of Topliss-reactive ketones (excluding diaryl/α,β-unsaturated/α-hetero) is 1. The van der Waals surface area contributed by atoms with Gasteiger partial charge in [-0.3, -0.25) is 14.4 Å². The number of aliphatic hydroxyl groups is 6. The average molecular weight is 725 g/mol. The van der Waals surface area contributed by atoms with Crippen LogP contribution in [0.2, 0.25) is 0 Å². The van der Waals surface area contributed by atoms with Gasteiger partial charge in [0.25, 0.3) is 0 Å². The van der Waals surface area contributed by atoms with E-state index in [-0.39, 0.29) is 29.2 Å². The minimum absolute atomic E-state index is 0.00408. The van der Waals surface area contributed by atoms with Gasteiger partial charge in [-0.1, -0.05) is 12.1 Å². The van der Waals surface area contributed by atoms with Crippen LogP contribution in [-0.4, -0.2) is 137 Å². The zero-order valence-corrected chi connectivity index (χ0v) is 27.3. The summed E-state index contributed by atoms with van der Waals surface area (Å²) in [7, 11) is 0. The van der Waals surface area contributed by atoms with Crippen molar-refractivity contribution in [1.29, 1.82) is 0 Å². The number of fused-ring (bicyclic) bond motifs is 1. The number of aliphatic hydroxyl groups excluding tert-OH is 5. The number of hydrogen-bond acceptors (Lipinski definition) is 17. The summed E-state index contributed by atoms with van der Waals surface area (Å²) >= 11 is 0. The number of benzene rings is 2. The fourth-order valence-corrected chi connectivity index (χ4v) is 5.98. The molecule has 2 fully saturated rings. The van der Waals surface area contributed by atoms with E-state index in [4.69, 9.17) is 33.5 Å². The Bertz CT molecular complexity index is 1580. The van der Waals surface area contributed by atoms with E-state index < -0.39 is 116 Å². The number of ether oxygens (including phenoxy) is 6. The molecule has 0 aromatic heterocycles. The second-order valence-electron chi connectivity index (χ2n) is 13.0. The van der Waals surface area contributed by atoms with Crippen molar-refractivity contribution >= 4 is 17.7 Å². The third-order valence-electron chi connectivity index (χ3n) is 8.70. The second kappa shape index (κ2) is 15.2. The molecule has 0 saturated carbocycles. The fraction of sp³-hybridized carbons (Fsp3) is 0.545. The lowest BCUT2D eigenvalue weighted by Gasteiger charge is -2.45. The number of carbonyl (C=O) groups excluding carboxylic acids is 2. The highest BCUT2D eigenvalue weighted by molar-refractivity contribution is 6.02. The van der Waals surface area contributed by atoms with Crippen LogP contribution in [0.1, 0.15) is 55.1 Å². The van der Waals surface area contributed by atoms with Gasteiger partial charge in [0.05, 0.1) is 31.0 Å². The number of carboxylic acids is 1. The number of ketones is 1. The first-order valence-electron chi connectivity index (χ1n) is 15.9. The molecular weight excluding hydrogens is 684 g/mol. The van der Waals surface area contributed by atoms with E-state index in [0.29, 0.717) is 5.56 Å². The summed E-state index contributed by atoms with van der Waals surface area (Å²) in [6, 6.07) is 8.23. The predicted molar refractivity (Wildman–Crippen MR) is 166 cm³/mol. The summed E-state index contributed by atoms with van der Waals surface area (Å²) in [6.07, 6.45) is -19.1. The molecule has 3 aliphatic rings. The van der Waals surface area contributed by atoms with Gasteiger partial charge in [0.15, 0.2) is 18.2 Å². The van der Waals surface area contributed by atoms with Gasteiger partial charge in [0, 0.05) is 12.1 Å². The molecule has 18 heteroatoms. The van der Waals surface area contributed by atoms with Gasteiger partial charge >= 0.3 is 11.9 Å². The van der Waals surface area contributed by atoms with Crippen molar-refractivity contribution in [1.82, 2.24) is 0 Å². The van der Waals surface area contributed by atoms with Crippen molar-refractivity contribution in [3.8, 4) is 23.0 Å². The summed E-state index contributed by atoms with van der Waals surface area (Å²) < 4.78 is 34.1. The summed E-state index contributed by atoms with van der Waals surface area (Å²) in [4.78, 5) is 36.5. The van der Waals surface area contributed by atoms with Crippen molar-refractivity contribution in [2.75, 3.05) is 6.61 Å². The number of aliphatic carboxylic acids is 1. The topological polar surface area (TPSA) is 289 Å². The molecule has 0 amide bonds. The van der Waals surface area contributed by atoms with E-state index in [1.807, 2.05) is 0 Å². The molecule has 0 unspecified atom stereocenters. The maximum atomic E-state index is 13.0. The SMILES string of the molecule is C[C@@H]1O[C@@H](O[C@H]2[C@H](Oc3cc(O)c4c(c3)O[C@@H](c3ccc(O)cc3)CC4=O)O[C@H](COC(=O)C[C@@](C)(O)CC(=O)O)[C@@H](O)[C@@H]2O)[C@H](O)[C@H](O)[C@H]1O. The van der Waals surface area contributed by atoms with E-state index >= 15 is 0 Å². The molecule has 0 aliphatic carbocycles. The third-order valence-corrected chi connectivity index (χ3v) is 8.70. The third kappa shape index (κ3) is 8.68. The number of esters is 1. The van der Waals surface area contributed by atoms with Gasteiger partial charge in [0.2, 0.25) is 6.29 Å². The molecular formula is C33H40O18. The van der Waals surface area contributed by atoms with Crippen LogP contribution in [0.4, 0.5) is 0 Å². The van der Waals surface area contributed by atoms with Gasteiger partial charge in [-0.05, 0) is 31.5 Å². The second-order valence-corrected chi connectivity index (χ2v) is 13.0. The number of rotatable bonds is 11. The lowest BCUT2D eigenvalue weighted by molar-refractivity contribution is -0.354. The Kier molecular flexibility index (Phi) is 11.4. The highest BCUT2D eigenvalue weighted by atomic mass is 16.8. The molecule has 2 aromatic rings. The van der Waals surface area contributed by atoms with Gasteiger partial charge in [-0.15, -0.1) is 0 Å². The monoisotopic (exact) mass is 724 g/mol. The summed E-state index contributed by atoms with van der Waals surface area (Å²) in [5.41, 5.74) is -1.56. The molecule has 0 radical (unpaired) electrons. The van der Waals surface area contributed by atoms with Crippen LogP contribution >= 0.6 is 0 Å². The van der Waals surface area contributed by atoms with Crippen LogP contribution in [-0.2, 0) is 28.5 Å². The normalized spacial score (nSPS) is 33.3. The van der Waals surface area contributed by atoms with Crippen molar-refractivity contribution in [2.24, 2.45) is 0 Å². The lowest BCUT2D eigenvalue weighted by atomic mass is 9.95. The smallest absolute Gasteiger partial charge is 0.308 e. The van der Waals surface area contributed by atoms with Crippen LogP contribution in [0.15, 0.2) is 36.4 Å². The Labute approximate surface area is 289 Å². The predicted octanol–water partition coefficient (Wildman–Crippen LogP) is -0.998. The molecule has 12 atom stereocenters. The van der Waals surface area contributed by atoms with E-state index in [9.17, 15) is 55.2 Å². The van der Waals surface area contributed by atoms with Gasteiger partial charge in [0.1, 0.15) is 77.9 Å². The number of phenols is 2. The van der Waals surface area contributed by atoms with Crippen LogP contribution in [0.5, 0.6) is 23.0 Å². The van der Waals surface area contributed by atoms with Gasteiger partial charge < -0.3 is 74.4 Å². The van der Waals surface area contributed by atoms with E-state index in [2.05, 4.69) is 0 Å². The van der Waals surface area contributed by atoms with Crippen LogP contribution in [0.25, 0.3) is 0 Å². The summed E-state index contributed by atoms with van der Waals surface area (Å²) in [6.45, 7) is 1.76. The maximum Gasteiger partial charge on any atom is 0.308 e. The summed E-state index contributed by atoms with van der Waals surface area (Å²) in [5, 5.41) is 92.7. The Morgan fingerprint density at radius 1 is 0.902 bits per heavy atom. The zero-order valence-electron chi connectivity index (χ0n) is 27.3. The first kappa shape index (κ1) is 38.1. The number of phenolic OH excluding ortho intramolecular Hbond substituents is 2. The minimum atomic E-state index is -1.96. The average Bonchev–Trinajstić information content (AvgIpc) is 3.04. The first-order valence-corrected chi connectivity index (χ1v) is 15.9. The zero-order chi connectivity index (χ0) is 37.4. The van der Waals surface area contributed by atoms with Crippen molar-refractivity contribution in [3.63, 3.8) is 0 Å². The molecule has 3 heterocycles. The Morgan fingerprint density at radius 2 is 1.59 bits per heavy atom. The van der Waals surface area contributed by atoms with Gasteiger partial charge in [-0.2, -0.15) is 0 Å². The number of carboxylic acid groups (broad SMARTS) is 1. The highest BCUT2D eigenvalue weighted by Gasteiger charge is 2.51. The largest absolute Gasteiger partial charge is 0.508 e. The number of hydrogen-bond donors (Lipinski definition) is 9. The van der Waals surface area contributed by atoms with Crippen LogP contribution in [0, 0.1) is 0 Å². The molecule has 280 valence electrons. The van der Waals surface area contributed by atoms with E-state index in [1.54, 1.807) is 12.1 Å². The fourth-order valence-electron chi connectivity index (χ4n) is 5.98. The van der Waals surface area contributed by atoms with Crippen molar-refractivity contribution < 1.29 is 88.8 Å². The number of aromatic hydroxyl groups is 2. The molecule has 51 heavy (non-hydrogen) atoms. The molecule has 9 N–H and O–H groups in total. The van der Waals surface area contributed by atoms with Crippen molar-refractivity contribution in [3.05, 3.63) is 47.5 Å². The first-order chi connectivity index (χ1) is 23.9. The maximum absolute atomic E-state index is 13.0. The van der Waals surface area contributed by atoms with E-state index in [0.717, 1.165) is 13.0 Å². The molecule has 3 aliphatic heterocycles. The Hall–Kier alpha value is -4.11. The molecule has 2 aromatic carbocycles. The minimum Gasteiger partial charge on any atom is -0.508 e. The Balaban J connectivity index is 1.39. The molecule has 5 rings (SSSR count). The standard InChI is InChI=1S/C33H40O18/c1-13-25(40)27(42)29(44)31(47-13)51-30-28(43)26(41)21(12-46-23(39)11-33(2,45)10-22(37)38)50-32(30)48-16-7-17(35)24-18(36)9-19(49-20(24)8-16)14-3-5-15(34)6-4-14/h3-8,13,19,21,25-32,34-35,40-45H,9-12H2,1-2H3,(H,37,38)/t13-,19+,21+,25-,26+,27+,28-,29+,30+,31-,32+,33-/m0/s1. The Morgan fingerprint density at radius 3 is 2.25 bits per heavy atom. The molecule has 0 bridgehead atoms. The van der Waals surface area contributed by atoms with Crippen LogP contribution < -0.4 is 9.47 Å². The van der Waals surface area contributed by atoms with E-state index in [1.165, 1.54) is 25.1 Å². The quantitative estimate of drug-likeness (QED) is 0.126. The summed E-state index contributed by atoms with van der Waals surface area (Å²) in [5.74, 6) is -3.74. The number of carbonyl (C=O) groups is 3. The van der Waals surface area contributed by atoms with Crippen molar-refractivity contribution in [2.45, 2.75) is 106 Å². The molecule has 0 spiro atoms.